The first-order valence-electron chi connectivity index (χ1n) is 14.3. The third-order valence-electron chi connectivity index (χ3n) is 8.32. The number of hydrogen-bond donors (Lipinski definition) is 2. The van der Waals surface area contributed by atoms with Crippen LogP contribution in [0.5, 0.6) is 0 Å². The molecule has 2 fully saturated rings. The number of nitrogens with one attached hydrogen (secondary N) is 1. The molecule has 2 saturated heterocycles. The maximum atomic E-state index is 13.1. The average molecular weight is 531 g/mol. The van der Waals surface area contributed by atoms with Crippen LogP contribution in [0.25, 0.3) is 10.9 Å². The topological polar surface area (TPSA) is 111 Å². The van der Waals surface area contributed by atoms with E-state index in [0.717, 1.165) is 86.3 Å². The number of carbonyl (C=O) groups excluding carboxylic acids is 1. The van der Waals surface area contributed by atoms with E-state index in [1.165, 1.54) is 6.42 Å². The Labute approximate surface area is 229 Å². The molecular formula is C29H38N8O2. The number of piperidine rings is 2. The number of likely N-dealkylation sites (tertiary alicyclic amines) is 1. The number of rotatable bonds is 5. The number of amides is 1. The molecule has 0 aromatic carbocycles. The number of hydrogen-bond acceptors (Lipinski definition) is 9. The molecule has 1 atom stereocenters. The van der Waals surface area contributed by atoms with Crippen molar-refractivity contribution >= 4 is 34.4 Å². The van der Waals surface area contributed by atoms with Crippen LogP contribution in [0.3, 0.4) is 0 Å². The molecule has 1 amide bonds. The van der Waals surface area contributed by atoms with Crippen molar-refractivity contribution in [2.24, 2.45) is 5.92 Å². The van der Waals surface area contributed by atoms with Gasteiger partial charge in [-0.2, -0.15) is 0 Å². The van der Waals surface area contributed by atoms with E-state index in [9.17, 15) is 9.90 Å². The van der Waals surface area contributed by atoms with Crippen LogP contribution in [0.4, 0.5) is 17.6 Å². The molecule has 2 N–H and O–H groups in total. The molecule has 0 radical (unpaired) electrons. The number of anilines is 3. The first-order chi connectivity index (χ1) is 18.9. The van der Waals surface area contributed by atoms with Crippen molar-refractivity contribution in [1.82, 2.24) is 29.7 Å². The van der Waals surface area contributed by atoms with Gasteiger partial charge in [-0.15, -0.1) is 0 Å². The van der Waals surface area contributed by atoms with Gasteiger partial charge in [0.1, 0.15) is 11.3 Å². The number of fused-ring (bicyclic) bond motifs is 2. The second-order valence-electron chi connectivity index (χ2n) is 11.2. The molecular weight excluding hydrogens is 492 g/mol. The molecule has 3 aromatic rings. The molecule has 39 heavy (non-hydrogen) atoms. The highest BCUT2D eigenvalue weighted by molar-refractivity contribution is 5.89. The third kappa shape index (κ3) is 5.53. The standard InChI is InChI=1S/C29H38N8O2/c1-19(38)24-16-22-17-30-29(34-26(22)27(32-24)36-11-4-3-5-12-36)33-25-7-6-21-18-37(15-10-23(21)31-25)28(39)20-8-13-35(2)14-9-20/h6-7,16-17,19-20,38H,3-5,8-15,18H2,1-2H3,(H,30,31,33,34). The van der Waals surface area contributed by atoms with Crippen molar-refractivity contribution < 1.29 is 9.90 Å². The fourth-order valence-electron chi connectivity index (χ4n) is 5.95. The normalized spacial score (nSPS) is 19.7. The minimum Gasteiger partial charge on any atom is -0.387 e. The fourth-order valence-corrected chi connectivity index (χ4v) is 5.95. The van der Waals surface area contributed by atoms with Gasteiger partial charge in [-0.25, -0.2) is 19.9 Å². The van der Waals surface area contributed by atoms with Gasteiger partial charge in [-0.1, -0.05) is 6.07 Å². The van der Waals surface area contributed by atoms with E-state index in [1.807, 2.05) is 17.0 Å². The Kier molecular flexibility index (Phi) is 7.31. The van der Waals surface area contributed by atoms with Crippen LogP contribution in [0.15, 0.2) is 24.4 Å². The lowest BCUT2D eigenvalue weighted by atomic mass is 9.94. The molecule has 0 saturated carbocycles. The molecule has 3 aliphatic heterocycles. The monoisotopic (exact) mass is 530 g/mol. The van der Waals surface area contributed by atoms with Crippen molar-refractivity contribution in [2.75, 3.05) is 50.0 Å². The minimum atomic E-state index is -0.661. The summed E-state index contributed by atoms with van der Waals surface area (Å²) in [5, 5.41) is 14.4. The summed E-state index contributed by atoms with van der Waals surface area (Å²) < 4.78 is 0. The van der Waals surface area contributed by atoms with Gasteiger partial charge in [0, 0.05) is 55.8 Å². The molecule has 1 unspecified atom stereocenters. The summed E-state index contributed by atoms with van der Waals surface area (Å²) in [5.74, 6) is 2.40. The van der Waals surface area contributed by atoms with Crippen molar-refractivity contribution in [1.29, 1.82) is 0 Å². The van der Waals surface area contributed by atoms with E-state index in [-0.39, 0.29) is 11.8 Å². The number of carbonyl (C=O) groups is 1. The number of pyridine rings is 2. The van der Waals surface area contributed by atoms with Crippen molar-refractivity contribution in [3.05, 3.63) is 41.3 Å². The minimum absolute atomic E-state index is 0.141. The van der Waals surface area contributed by atoms with Crippen LogP contribution in [0.2, 0.25) is 0 Å². The van der Waals surface area contributed by atoms with E-state index in [2.05, 4.69) is 33.2 Å². The zero-order valence-electron chi connectivity index (χ0n) is 22.9. The van der Waals surface area contributed by atoms with Gasteiger partial charge < -0.3 is 25.1 Å². The summed E-state index contributed by atoms with van der Waals surface area (Å²) in [6.45, 7) is 6.91. The van der Waals surface area contributed by atoms with Crippen molar-refractivity contribution in [3.8, 4) is 0 Å². The van der Waals surface area contributed by atoms with Gasteiger partial charge in [0.15, 0.2) is 5.82 Å². The molecule has 0 bridgehead atoms. The van der Waals surface area contributed by atoms with Gasteiger partial charge in [-0.05, 0) is 76.9 Å². The van der Waals surface area contributed by atoms with E-state index < -0.39 is 6.10 Å². The van der Waals surface area contributed by atoms with Crippen LogP contribution in [-0.4, -0.2) is 80.5 Å². The summed E-state index contributed by atoms with van der Waals surface area (Å²) in [6.07, 6.45) is 7.23. The average Bonchev–Trinajstić information content (AvgIpc) is 2.96. The quantitative estimate of drug-likeness (QED) is 0.513. The third-order valence-corrected chi connectivity index (χ3v) is 8.32. The maximum absolute atomic E-state index is 13.1. The number of aliphatic hydroxyl groups is 1. The van der Waals surface area contributed by atoms with Gasteiger partial charge in [0.25, 0.3) is 0 Å². The molecule has 206 valence electrons. The Hall–Kier alpha value is -3.37. The summed E-state index contributed by atoms with van der Waals surface area (Å²) >= 11 is 0. The fraction of sp³-hybridized carbons (Fsp3) is 0.552. The van der Waals surface area contributed by atoms with Crippen molar-refractivity contribution in [2.45, 2.75) is 58.1 Å². The lowest BCUT2D eigenvalue weighted by molar-refractivity contribution is -0.138. The zero-order chi connectivity index (χ0) is 26.9. The Balaban J connectivity index is 1.20. The molecule has 0 aliphatic carbocycles. The highest BCUT2D eigenvalue weighted by Crippen LogP contribution is 2.30. The molecule has 10 nitrogen and oxygen atoms in total. The van der Waals surface area contributed by atoms with Gasteiger partial charge in [0.05, 0.1) is 11.8 Å². The second-order valence-corrected chi connectivity index (χ2v) is 11.2. The predicted molar refractivity (Wildman–Crippen MR) is 151 cm³/mol. The van der Waals surface area contributed by atoms with E-state index in [4.69, 9.17) is 15.0 Å². The zero-order valence-corrected chi connectivity index (χ0v) is 22.9. The maximum Gasteiger partial charge on any atom is 0.229 e. The van der Waals surface area contributed by atoms with Crippen LogP contribution >= 0.6 is 0 Å². The summed E-state index contributed by atoms with van der Waals surface area (Å²) in [4.78, 5) is 38.7. The van der Waals surface area contributed by atoms with Gasteiger partial charge in [0.2, 0.25) is 11.9 Å². The summed E-state index contributed by atoms with van der Waals surface area (Å²) in [6, 6.07) is 5.87. The van der Waals surface area contributed by atoms with Gasteiger partial charge in [-0.3, -0.25) is 4.79 Å². The molecule has 0 spiro atoms. The SMILES string of the molecule is CC(O)c1cc2cnc(Nc3ccc4c(n3)CCN(C(=O)C3CCN(C)CC3)C4)nc2c(N2CCCCC2)n1. The van der Waals surface area contributed by atoms with Crippen LogP contribution in [-0.2, 0) is 17.8 Å². The Morgan fingerprint density at radius 3 is 2.62 bits per heavy atom. The molecule has 6 rings (SSSR count). The highest BCUT2D eigenvalue weighted by atomic mass is 16.3. The first-order valence-corrected chi connectivity index (χ1v) is 14.3. The Bertz CT molecular complexity index is 1350. The molecule has 10 heteroatoms. The van der Waals surface area contributed by atoms with Crippen LogP contribution in [0.1, 0.15) is 62.1 Å². The summed E-state index contributed by atoms with van der Waals surface area (Å²) in [7, 11) is 2.12. The lowest BCUT2D eigenvalue weighted by Crippen LogP contribution is -2.43. The largest absolute Gasteiger partial charge is 0.387 e. The number of aromatic nitrogens is 4. The Morgan fingerprint density at radius 1 is 1.05 bits per heavy atom. The molecule has 6 heterocycles. The number of aliphatic hydroxyl groups excluding tert-OH is 1. The molecule has 3 aromatic heterocycles. The van der Waals surface area contributed by atoms with E-state index >= 15 is 0 Å². The van der Waals surface area contributed by atoms with Crippen LogP contribution < -0.4 is 10.2 Å². The highest BCUT2D eigenvalue weighted by Gasteiger charge is 2.30. The summed E-state index contributed by atoms with van der Waals surface area (Å²) in [5.41, 5.74) is 3.53. The Morgan fingerprint density at radius 2 is 1.85 bits per heavy atom. The van der Waals surface area contributed by atoms with Crippen LogP contribution in [0, 0.1) is 5.92 Å². The van der Waals surface area contributed by atoms with E-state index in [1.54, 1.807) is 13.1 Å². The first kappa shape index (κ1) is 25.9. The van der Waals surface area contributed by atoms with Crippen molar-refractivity contribution in [3.63, 3.8) is 0 Å². The van der Waals surface area contributed by atoms with Gasteiger partial charge >= 0.3 is 0 Å². The smallest absolute Gasteiger partial charge is 0.229 e. The number of nitrogens with zero attached hydrogens (tertiary/aromatic N) is 7. The molecule has 3 aliphatic rings. The predicted octanol–water partition coefficient (Wildman–Crippen LogP) is 3.43. The lowest BCUT2D eigenvalue weighted by Gasteiger charge is -2.34. The van der Waals surface area contributed by atoms with E-state index in [0.29, 0.717) is 30.5 Å². The second kappa shape index (κ2) is 11.0.